The van der Waals surface area contributed by atoms with Crippen LogP contribution in [0.5, 0.6) is 0 Å². The molecule has 116 valence electrons. The predicted octanol–water partition coefficient (Wildman–Crippen LogP) is 4.46. The zero-order chi connectivity index (χ0) is 15.6. The first kappa shape index (κ1) is 14.5. The van der Waals surface area contributed by atoms with E-state index in [0.717, 1.165) is 44.8 Å². The van der Waals surface area contributed by atoms with Gasteiger partial charge in [0.15, 0.2) is 5.16 Å². The maximum atomic E-state index is 5.11. The number of thioether (sulfide) groups is 1. The van der Waals surface area contributed by atoms with Crippen molar-refractivity contribution in [1.29, 1.82) is 0 Å². The van der Waals surface area contributed by atoms with Gasteiger partial charge in [-0.15, -0.1) is 11.3 Å². The van der Waals surface area contributed by atoms with Crippen molar-refractivity contribution in [2.24, 2.45) is 0 Å². The molecule has 0 aliphatic carbocycles. The summed E-state index contributed by atoms with van der Waals surface area (Å²) in [4.78, 5) is 13.5. The van der Waals surface area contributed by atoms with E-state index in [-0.39, 0.29) is 0 Å². The van der Waals surface area contributed by atoms with Crippen LogP contribution in [0.15, 0.2) is 52.0 Å². The topological polar surface area (TPSA) is 56.7 Å². The summed E-state index contributed by atoms with van der Waals surface area (Å²) in [5, 5.41) is 4.09. The molecule has 0 N–H and O–H groups in total. The fourth-order valence-corrected chi connectivity index (χ4v) is 4.29. The van der Waals surface area contributed by atoms with Gasteiger partial charge in [-0.3, -0.25) is 4.98 Å². The minimum atomic E-state index is 0.797. The number of aryl methyl sites for hydroxylation is 1. The highest BCUT2D eigenvalue weighted by Gasteiger charge is 2.12. The Hall–Kier alpha value is -2.12. The van der Waals surface area contributed by atoms with Gasteiger partial charge in [-0.05, 0) is 19.1 Å². The largest absolute Gasteiger partial charge is 0.472 e. The zero-order valence-corrected chi connectivity index (χ0v) is 14.1. The number of imidazole rings is 1. The molecule has 0 atom stereocenters. The van der Waals surface area contributed by atoms with Crippen LogP contribution in [0.4, 0.5) is 0 Å². The van der Waals surface area contributed by atoms with E-state index in [1.807, 2.05) is 24.5 Å². The molecule has 0 bridgehead atoms. The number of nitrogens with zero attached hydrogens (tertiary/aromatic N) is 4. The predicted molar refractivity (Wildman–Crippen MR) is 92.6 cm³/mol. The van der Waals surface area contributed by atoms with Gasteiger partial charge < -0.3 is 8.98 Å². The number of fused-ring (bicyclic) bond motifs is 1. The van der Waals surface area contributed by atoms with E-state index in [4.69, 9.17) is 4.42 Å². The van der Waals surface area contributed by atoms with Crippen molar-refractivity contribution in [3.8, 4) is 10.6 Å². The third-order valence-electron chi connectivity index (χ3n) is 3.50. The van der Waals surface area contributed by atoms with Crippen molar-refractivity contribution >= 4 is 34.1 Å². The molecule has 4 aromatic heterocycles. The first-order chi connectivity index (χ1) is 11.3. The second-order valence-electron chi connectivity index (χ2n) is 4.95. The summed E-state index contributed by atoms with van der Waals surface area (Å²) in [6, 6.07) is 3.94. The van der Waals surface area contributed by atoms with Crippen molar-refractivity contribution in [2.75, 3.05) is 0 Å². The quantitative estimate of drug-likeness (QED) is 0.501. The smallest absolute Gasteiger partial charge is 0.169 e. The van der Waals surface area contributed by atoms with Crippen LogP contribution < -0.4 is 0 Å². The molecule has 0 aliphatic rings. The number of pyridine rings is 1. The summed E-state index contributed by atoms with van der Waals surface area (Å²) < 4.78 is 7.33. The number of thiazole rings is 1. The highest BCUT2D eigenvalue weighted by atomic mass is 32.2. The zero-order valence-electron chi connectivity index (χ0n) is 12.5. The molecule has 0 saturated heterocycles. The first-order valence-electron chi connectivity index (χ1n) is 7.25. The average molecular weight is 342 g/mol. The maximum Gasteiger partial charge on any atom is 0.169 e. The standard InChI is InChI=1S/C16H14N4OS2/c1-2-20-14-3-5-17-7-13(14)19-16(20)23-10-12-9-22-15(18-12)11-4-6-21-8-11/h3-9H,2,10H2,1H3. The Labute approximate surface area is 141 Å². The van der Waals surface area contributed by atoms with Gasteiger partial charge in [-0.2, -0.15) is 0 Å². The van der Waals surface area contributed by atoms with Crippen molar-refractivity contribution in [2.45, 2.75) is 24.4 Å². The number of furan rings is 1. The summed E-state index contributed by atoms with van der Waals surface area (Å²) in [7, 11) is 0. The Bertz CT molecular complexity index is 927. The second kappa shape index (κ2) is 6.17. The molecule has 23 heavy (non-hydrogen) atoms. The van der Waals surface area contributed by atoms with Gasteiger partial charge in [0.25, 0.3) is 0 Å². The molecule has 4 heterocycles. The normalized spacial score (nSPS) is 11.3. The number of rotatable bonds is 5. The van der Waals surface area contributed by atoms with Crippen molar-refractivity contribution in [3.63, 3.8) is 0 Å². The van der Waals surface area contributed by atoms with Crippen LogP contribution in [-0.4, -0.2) is 19.5 Å². The minimum absolute atomic E-state index is 0.797. The molecule has 0 aromatic carbocycles. The molecule has 0 fully saturated rings. The highest BCUT2D eigenvalue weighted by molar-refractivity contribution is 7.98. The third kappa shape index (κ3) is 2.77. The molecule has 0 amide bonds. The lowest BCUT2D eigenvalue weighted by molar-refractivity contribution is 0.568. The fraction of sp³-hybridized carbons (Fsp3) is 0.188. The van der Waals surface area contributed by atoms with Gasteiger partial charge >= 0.3 is 0 Å². The van der Waals surface area contributed by atoms with E-state index in [9.17, 15) is 0 Å². The molecule has 5 nitrogen and oxygen atoms in total. The summed E-state index contributed by atoms with van der Waals surface area (Å²) in [6.45, 7) is 3.02. The maximum absolute atomic E-state index is 5.11. The Morgan fingerprint density at radius 3 is 3.09 bits per heavy atom. The molecule has 0 saturated carbocycles. The van der Waals surface area contributed by atoms with Crippen molar-refractivity contribution in [1.82, 2.24) is 19.5 Å². The molecule has 4 rings (SSSR count). The second-order valence-corrected chi connectivity index (χ2v) is 6.75. The van der Waals surface area contributed by atoms with Gasteiger partial charge in [0, 0.05) is 29.4 Å². The van der Waals surface area contributed by atoms with Crippen LogP contribution in [0.25, 0.3) is 21.6 Å². The number of hydrogen-bond donors (Lipinski definition) is 0. The Balaban J connectivity index is 1.55. The van der Waals surface area contributed by atoms with Gasteiger partial charge in [-0.1, -0.05) is 11.8 Å². The van der Waals surface area contributed by atoms with Gasteiger partial charge in [0.05, 0.1) is 23.7 Å². The van der Waals surface area contributed by atoms with Crippen LogP contribution in [0.1, 0.15) is 12.6 Å². The van der Waals surface area contributed by atoms with Crippen LogP contribution in [0.2, 0.25) is 0 Å². The Kier molecular flexibility index (Phi) is 3.88. The first-order valence-corrected chi connectivity index (χ1v) is 9.11. The van der Waals surface area contributed by atoms with E-state index in [2.05, 4.69) is 31.8 Å². The highest BCUT2D eigenvalue weighted by Crippen LogP contribution is 2.29. The van der Waals surface area contributed by atoms with Gasteiger partial charge in [0.1, 0.15) is 16.8 Å². The van der Waals surface area contributed by atoms with Crippen LogP contribution in [-0.2, 0) is 12.3 Å². The third-order valence-corrected chi connectivity index (χ3v) is 5.45. The Morgan fingerprint density at radius 1 is 1.30 bits per heavy atom. The molecular formula is C16H14N4OS2. The van der Waals surface area contributed by atoms with Crippen LogP contribution in [0, 0.1) is 0 Å². The fourth-order valence-electron chi connectivity index (χ4n) is 2.41. The van der Waals surface area contributed by atoms with Crippen LogP contribution >= 0.6 is 23.1 Å². The summed E-state index contributed by atoms with van der Waals surface area (Å²) in [6.07, 6.45) is 7.01. The summed E-state index contributed by atoms with van der Waals surface area (Å²) >= 11 is 3.34. The molecule has 7 heteroatoms. The lowest BCUT2D eigenvalue weighted by Gasteiger charge is -2.04. The lowest BCUT2D eigenvalue weighted by atomic mass is 10.4. The monoisotopic (exact) mass is 342 g/mol. The van der Waals surface area contributed by atoms with E-state index in [0.29, 0.717) is 0 Å². The Morgan fingerprint density at radius 2 is 2.26 bits per heavy atom. The van der Waals surface area contributed by atoms with Crippen molar-refractivity contribution < 1.29 is 4.42 Å². The summed E-state index contributed by atoms with van der Waals surface area (Å²) in [5.41, 5.74) is 4.15. The molecule has 0 radical (unpaired) electrons. The molecule has 0 aliphatic heterocycles. The van der Waals surface area contributed by atoms with E-state index in [1.165, 1.54) is 0 Å². The lowest BCUT2D eigenvalue weighted by Crippen LogP contribution is -1.96. The van der Waals surface area contributed by atoms with E-state index in [1.54, 1.807) is 35.6 Å². The van der Waals surface area contributed by atoms with Crippen LogP contribution in [0.3, 0.4) is 0 Å². The summed E-state index contributed by atoms with van der Waals surface area (Å²) in [5.74, 6) is 0.797. The number of hydrogen-bond acceptors (Lipinski definition) is 6. The van der Waals surface area contributed by atoms with Gasteiger partial charge in [0.2, 0.25) is 0 Å². The number of aromatic nitrogens is 4. The van der Waals surface area contributed by atoms with Gasteiger partial charge in [-0.25, -0.2) is 9.97 Å². The molecule has 0 spiro atoms. The van der Waals surface area contributed by atoms with E-state index >= 15 is 0 Å². The molecular weight excluding hydrogens is 328 g/mol. The SMILES string of the molecule is CCn1c(SCc2csc(-c3ccoc3)n2)nc2cnccc21. The van der Waals surface area contributed by atoms with E-state index < -0.39 is 0 Å². The molecule has 4 aromatic rings. The van der Waals surface area contributed by atoms with Crippen molar-refractivity contribution in [3.05, 3.63) is 48.1 Å². The average Bonchev–Trinajstić information content (AvgIpc) is 3.30. The minimum Gasteiger partial charge on any atom is -0.472 e. The molecule has 0 unspecified atom stereocenters.